The van der Waals surface area contributed by atoms with Crippen LogP contribution in [0.15, 0.2) is 6.07 Å². The smallest absolute Gasteiger partial charge is 0.179 e. The highest BCUT2D eigenvalue weighted by Crippen LogP contribution is 2.23. The molecule has 2 rings (SSSR count). The molecule has 0 amide bonds. The monoisotopic (exact) mass is 259 g/mol. The molecule has 2 aromatic rings. The maximum atomic E-state index is 5.86. The molecule has 0 atom stereocenters. The summed E-state index contributed by atoms with van der Waals surface area (Å²) >= 11 is 11.7. The lowest BCUT2D eigenvalue weighted by molar-refractivity contribution is 0.149. The van der Waals surface area contributed by atoms with Crippen molar-refractivity contribution in [1.82, 2.24) is 15.0 Å². The molecular formula is C10H11Cl2N3O. The standard InChI is InChI=1S/C10H11Cl2N3O/c1-2-16-4-3-8-13-7-5-6(11)9(12)15-10(7)14-8/h5H,2-4H2,1H3,(H,13,14,15). The Morgan fingerprint density at radius 3 is 2.94 bits per heavy atom. The summed E-state index contributed by atoms with van der Waals surface area (Å²) in [6.45, 7) is 3.30. The van der Waals surface area contributed by atoms with Crippen LogP contribution in [-0.4, -0.2) is 28.2 Å². The van der Waals surface area contributed by atoms with Crippen LogP contribution in [0.2, 0.25) is 10.2 Å². The van der Waals surface area contributed by atoms with Crippen LogP contribution in [0, 0.1) is 0 Å². The Hall–Kier alpha value is -0.840. The quantitative estimate of drug-likeness (QED) is 0.679. The van der Waals surface area contributed by atoms with Crippen molar-refractivity contribution in [3.05, 3.63) is 22.1 Å². The fourth-order valence-electron chi connectivity index (χ4n) is 1.38. The molecule has 6 heteroatoms. The number of rotatable bonds is 4. The normalized spacial score (nSPS) is 11.2. The van der Waals surface area contributed by atoms with Crippen LogP contribution in [0.3, 0.4) is 0 Å². The van der Waals surface area contributed by atoms with Crippen molar-refractivity contribution in [3.63, 3.8) is 0 Å². The van der Waals surface area contributed by atoms with Gasteiger partial charge in [0.15, 0.2) is 5.65 Å². The van der Waals surface area contributed by atoms with Gasteiger partial charge in [0.1, 0.15) is 11.0 Å². The lowest BCUT2D eigenvalue weighted by atomic mass is 10.4. The maximum absolute atomic E-state index is 5.86. The highest BCUT2D eigenvalue weighted by Gasteiger charge is 2.07. The minimum Gasteiger partial charge on any atom is -0.381 e. The van der Waals surface area contributed by atoms with Crippen LogP contribution >= 0.6 is 23.2 Å². The van der Waals surface area contributed by atoms with Crippen LogP contribution in [0.4, 0.5) is 0 Å². The number of nitrogens with zero attached hydrogens (tertiary/aromatic N) is 2. The molecule has 0 aromatic carbocycles. The van der Waals surface area contributed by atoms with Crippen LogP contribution < -0.4 is 0 Å². The molecule has 0 saturated carbocycles. The zero-order valence-corrected chi connectivity index (χ0v) is 10.3. The third-order valence-corrected chi connectivity index (χ3v) is 2.79. The molecule has 16 heavy (non-hydrogen) atoms. The maximum Gasteiger partial charge on any atom is 0.179 e. The van der Waals surface area contributed by atoms with Crippen molar-refractivity contribution in [1.29, 1.82) is 0 Å². The summed E-state index contributed by atoms with van der Waals surface area (Å²) in [6, 6.07) is 1.73. The van der Waals surface area contributed by atoms with E-state index in [-0.39, 0.29) is 5.15 Å². The summed E-state index contributed by atoms with van der Waals surface area (Å²) in [6.07, 6.45) is 0.722. The second-order valence-electron chi connectivity index (χ2n) is 3.26. The predicted molar refractivity (Wildman–Crippen MR) is 64.1 cm³/mol. The van der Waals surface area contributed by atoms with Gasteiger partial charge in [0, 0.05) is 13.0 Å². The molecule has 4 nitrogen and oxygen atoms in total. The number of halogens is 2. The number of pyridine rings is 1. The van der Waals surface area contributed by atoms with Crippen molar-refractivity contribution < 1.29 is 4.74 Å². The Morgan fingerprint density at radius 1 is 1.38 bits per heavy atom. The summed E-state index contributed by atoms with van der Waals surface area (Å²) < 4.78 is 5.25. The van der Waals surface area contributed by atoms with Crippen molar-refractivity contribution in [2.24, 2.45) is 0 Å². The van der Waals surface area contributed by atoms with E-state index in [1.54, 1.807) is 6.07 Å². The van der Waals surface area contributed by atoms with Gasteiger partial charge in [0.05, 0.1) is 17.1 Å². The highest BCUT2D eigenvalue weighted by atomic mass is 35.5. The Morgan fingerprint density at radius 2 is 2.19 bits per heavy atom. The van der Waals surface area contributed by atoms with Gasteiger partial charge in [-0.3, -0.25) is 0 Å². The Balaban J connectivity index is 2.23. The first-order valence-electron chi connectivity index (χ1n) is 4.99. The zero-order valence-electron chi connectivity index (χ0n) is 8.76. The van der Waals surface area contributed by atoms with Gasteiger partial charge in [-0.25, -0.2) is 9.97 Å². The molecule has 0 fully saturated rings. The number of H-pyrrole nitrogens is 1. The minimum absolute atomic E-state index is 0.275. The van der Waals surface area contributed by atoms with Crippen molar-refractivity contribution in [3.8, 4) is 0 Å². The molecule has 0 aliphatic rings. The zero-order chi connectivity index (χ0) is 11.5. The van der Waals surface area contributed by atoms with E-state index in [4.69, 9.17) is 27.9 Å². The molecule has 0 spiro atoms. The van der Waals surface area contributed by atoms with Gasteiger partial charge in [-0.15, -0.1) is 0 Å². The number of hydrogen-bond acceptors (Lipinski definition) is 3. The van der Waals surface area contributed by atoms with E-state index in [1.807, 2.05) is 6.92 Å². The minimum atomic E-state index is 0.275. The second-order valence-corrected chi connectivity index (χ2v) is 4.03. The Bertz CT molecular complexity index is 459. The average Bonchev–Trinajstić information content (AvgIpc) is 2.61. The molecule has 0 aliphatic heterocycles. The van der Waals surface area contributed by atoms with E-state index in [1.165, 1.54) is 0 Å². The number of hydrogen-bond donors (Lipinski definition) is 1. The molecule has 0 radical (unpaired) electrons. The molecule has 0 saturated heterocycles. The van der Waals surface area contributed by atoms with E-state index >= 15 is 0 Å². The summed E-state index contributed by atoms with van der Waals surface area (Å²) in [4.78, 5) is 11.5. The third-order valence-electron chi connectivity index (χ3n) is 2.12. The molecule has 0 aliphatic carbocycles. The predicted octanol–water partition coefficient (Wildman–Crippen LogP) is 2.84. The fourth-order valence-corrected chi connectivity index (χ4v) is 1.66. The topological polar surface area (TPSA) is 50.8 Å². The number of aromatic amines is 1. The third kappa shape index (κ3) is 2.45. The first kappa shape index (κ1) is 11.6. The number of imidazole rings is 1. The molecule has 0 unspecified atom stereocenters. The molecule has 1 N–H and O–H groups in total. The molecule has 86 valence electrons. The number of fused-ring (bicyclic) bond motifs is 1. The summed E-state index contributed by atoms with van der Waals surface area (Å²) in [5, 5.41) is 0.700. The molecular weight excluding hydrogens is 249 g/mol. The van der Waals surface area contributed by atoms with Crippen LogP contribution in [0.25, 0.3) is 11.2 Å². The molecule has 0 bridgehead atoms. The van der Waals surface area contributed by atoms with Crippen molar-refractivity contribution in [2.45, 2.75) is 13.3 Å². The van der Waals surface area contributed by atoms with E-state index in [9.17, 15) is 0 Å². The van der Waals surface area contributed by atoms with Gasteiger partial charge < -0.3 is 9.72 Å². The van der Waals surface area contributed by atoms with Crippen LogP contribution in [0.5, 0.6) is 0 Å². The Labute approximate surface area is 103 Å². The highest BCUT2D eigenvalue weighted by molar-refractivity contribution is 6.41. The summed E-state index contributed by atoms with van der Waals surface area (Å²) in [5.74, 6) is 0.828. The van der Waals surface area contributed by atoms with Crippen molar-refractivity contribution >= 4 is 34.4 Å². The first-order chi connectivity index (χ1) is 7.70. The molecule has 2 aromatic heterocycles. The van der Waals surface area contributed by atoms with E-state index < -0.39 is 0 Å². The Kier molecular flexibility index (Phi) is 3.63. The van der Waals surface area contributed by atoms with Crippen molar-refractivity contribution in [2.75, 3.05) is 13.2 Å². The second kappa shape index (κ2) is 4.99. The van der Waals surface area contributed by atoms with Crippen LogP contribution in [-0.2, 0) is 11.2 Å². The molecule has 2 heterocycles. The number of ether oxygens (including phenoxy) is 1. The van der Waals surface area contributed by atoms with Gasteiger partial charge in [0.25, 0.3) is 0 Å². The van der Waals surface area contributed by atoms with E-state index in [2.05, 4.69) is 15.0 Å². The summed E-state index contributed by atoms with van der Waals surface area (Å²) in [7, 11) is 0. The number of aromatic nitrogens is 3. The fraction of sp³-hybridized carbons (Fsp3) is 0.400. The SMILES string of the molecule is CCOCCc1nc2nc(Cl)c(Cl)cc2[nH]1. The van der Waals surface area contributed by atoms with Crippen LogP contribution in [0.1, 0.15) is 12.7 Å². The van der Waals surface area contributed by atoms with Gasteiger partial charge >= 0.3 is 0 Å². The average molecular weight is 260 g/mol. The van der Waals surface area contributed by atoms with Gasteiger partial charge in [-0.05, 0) is 13.0 Å². The largest absolute Gasteiger partial charge is 0.381 e. The van der Waals surface area contributed by atoms with Gasteiger partial charge in [-0.2, -0.15) is 0 Å². The lowest BCUT2D eigenvalue weighted by Crippen LogP contribution is -1.99. The van der Waals surface area contributed by atoms with E-state index in [0.29, 0.717) is 23.9 Å². The lowest BCUT2D eigenvalue weighted by Gasteiger charge is -1.96. The summed E-state index contributed by atoms with van der Waals surface area (Å²) in [5.41, 5.74) is 1.38. The van der Waals surface area contributed by atoms with Gasteiger partial charge in [-0.1, -0.05) is 23.2 Å². The van der Waals surface area contributed by atoms with Gasteiger partial charge in [0.2, 0.25) is 0 Å². The first-order valence-corrected chi connectivity index (χ1v) is 5.74. The number of nitrogens with one attached hydrogen (secondary N) is 1. The van der Waals surface area contributed by atoms with E-state index in [0.717, 1.165) is 17.8 Å².